The minimum Gasteiger partial charge on any atom is -0.324 e. The van der Waals surface area contributed by atoms with Gasteiger partial charge in [-0.3, -0.25) is 0 Å². The molecule has 0 amide bonds. The zero-order valence-corrected chi connectivity index (χ0v) is 13.7. The minimum atomic E-state index is -0.235. The molecule has 0 radical (unpaired) electrons. The van der Waals surface area contributed by atoms with Crippen molar-refractivity contribution >= 4 is 50.7 Å². The van der Waals surface area contributed by atoms with Crippen molar-refractivity contribution in [3.63, 3.8) is 0 Å². The highest BCUT2D eigenvalue weighted by Crippen LogP contribution is 2.32. The molecule has 0 aliphatic carbocycles. The largest absolute Gasteiger partial charge is 0.324 e. The van der Waals surface area contributed by atoms with Crippen LogP contribution in [0.2, 0.25) is 15.1 Å². The summed E-state index contributed by atoms with van der Waals surface area (Å²) in [5.74, 6) is 0. The maximum absolute atomic E-state index is 6.24. The smallest absolute Gasteiger partial charge is 0.0595 e. The first-order chi connectivity index (χ1) is 8.99. The normalized spacial score (nSPS) is 12.5. The van der Waals surface area contributed by atoms with Crippen molar-refractivity contribution in [3.05, 3.63) is 67.1 Å². The first-order valence-corrected chi connectivity index (χ1v) is 7.55. The zero-order chi connectivity index (χ0) is 14.0. The van der Waals surface area contributed by atoms with E-state index in [0.717, 1.165) is 15.6 Å². The highest BCUT2D eigenvalue weighted by molar-refractivity contribution is 9.10. The molecular weight excluding hydrogens is 368 g/mol. The summed E-state index contributed by atoms with van der Waals surface area (Å²) < 4.78 is 0.833. The van der Waals surface area contributed by atoms with E-state index in [0.29, 0.717) is 21.5 Å². The van der Waals surface area contributed by atoms with E-state index in [1.807, 2.05) is 24.3 Å². The molecule has 100 valence electrons. The maximum Gasteiger partial charge on any atom is 0.0595 e. The number of halogens is 4. The lowest BCUT2D eigenvalue weighted by Gasteiger charge is -2.15. The van der Waals surface area contributed by atoms with Gasteiger partial charge in [-0.05, 0) is 57.7 Å². The number of benzene rings is 2. The van der Waals surface area contributed by atoms with Crippen LogP contribution in [0.4, 0.5) is 0 Å². The monoisotopic (exact) mass is 377 g/mol. The van der Waals surface area contributed by atoms with Crippen molar-refractivity contribution in [2.45, 2.75) is 12.5 Å². The first-order valence-electron chi connectivity index (χ1n) is 5.62. The predicted octanol–water partition coefficient (Wildman–Crippen LogP) is 5.65. The highest BCUT2D eigenvalue weighted by atomic mass is 79.9. The fourth-order valence-corrected chi connectivity index (χ4v) is 2.89. The van der Waals surface area contributed by atoms with Gasteiger partial charge in [-0.2, -0.15) is 0 Å². The van der Waals surface area contributed by atoms with Crippen LogP contribution in [0.25, 0.3) is 0 Å². The third kappa shape index (κ3) is 3.65. The molecule has 2 aromatic carbocycles. The van der Waals surface area contributed by atoms with Crippen LogP contribution >= 0.6 is 50.7 Å². The Hall–Kier alpha value is -0.250. The summed E-state index contributed by atoms with van der Waals surface area (Å²) >= 11 is 21.7. The van der Waals surface area contributed by atoms with Crippen LogP contribution in [0, 0.1) is 0 Å². The van der Waals surface area contributed by atoms with Gasteiger partial charge in [0.05, 0.1) is 5.02 Å². The van der Waals surface area contributed by atoms with Crippen molar-refractivity contribution in [1.82, 2.24) is 0 Å². The SMILES string of the molecule is NC(Cc1cc(Cl)ccc1Cl)c1cccc(Br)c1Cl. The number of hydrogen-bond acceptors (Lipinski definition) is 1. The van der Waals surface area contributed by atoms with Gasteiger partial charge in [0, 0.05) is 20.6 Å². The molecule has 2 N–H and O–H groups in total. The maximum atomic E-state index is 6.24. The molecule has 0 fully saturated rings. The molecule has 0 heterocycles. The van der Waals surface area contributed by atoms with E-state index in [4.69, 9.17) is 40.5 Å². The zero-order valence-electron chi connectivity index (χ0n) is 9.84. The Morgan fingerprint density at radius 2 is 1.84 bits per heavy atom. The van der Waals surface area contributed by atoms with Crippen molar-refractivity contribution in [2.24, 2.45) is 5.73 Å². The van der Waals surface area contributed by atoms with Gasteiger partial charge < -0.3 is 5.73 Å². The number of rotatable bonds is 3. The van der Waals surface area contributed by atoms with Gasteiger partial charge in [-0.15, -0.1) is 0 Å². The van der Waals surface area contributed by atoms with Crippen LogP contribution in [-0.2, 0) is 6.42 Å². The summed E-state index contributed by atoms with van der Waals surface area (Å²) in [5, 5.41) is 1.94. The van der Waals surface area contributed by atoms with Crippen LogP contribution in [0.5, 0.6) is 0 Å². The van der Waals surface area contributed by atoms with Crippen molar-refractivity contribution in [1.29, 1.82) is 0 Å². The summed E-state index contributed by atoms with van der Waals surface area (Å²) in [6, 6.07) is 10.8. The quantitative estimate of drug-likeness (QED) is 0.732. The molecule has 0 bridgehead atoms. The molecule has 1 atom stereocenters. The van der Waals surface area contributed by atoms with E-state index in [9.17, 15) is 0 Å². The van der Waals surface area contributed by atoms with E-state index in [1.165, 1.54) is 0 Å². The van der Waals surface area contributed by atoms with E-state index in [2.05, 4.69) is 15.9 Å². The second-order valence-corrected chi connectivity index (χ2v) is 6.27. The summed E-state index contributed by atoms with van der Waals surface area (Å²) in [4.78, 5) is 0. The topological polar surface area (TPSA) is 26.0 Å². The Morgan fingerprint density at radius 1 is 1.11 bits per heavy atom. The standard InChI is InChI=1S/C14H11BrCl3N/c15-11-3-1-2-10(14(11)18)13(19)7-8-6-9(16)4-5-12(8)17/h1-6,13H,7,19H2. The fourth-order valence-electron chi connectivity index (χ4n) is 1.85. The van der Waals surface area contributed by atoms with Crippen LogP contribution in [0.15, 0.2) is 40.9 Å². The van der Waals surface area contributed by atoms with Gasteiger partial charge in [0.25, 0.3) is 0 Å². The Bertz CT molecular complexity index is 601. The summed E-state index contributed by atoms with van der Waals surface area (Å²) in [6.45, 7) is 0. The number of nitrogens with two attached hydrogens (primary N) is 1. The summed E-state index contributed by atoms with van der Waals surface area (Å²) in [6.07, 6.45) is 0.579. The van der Waals surface area contributed by atoms with Crippen LogP contribution in [0.1, 0.15) is 17.2 Å². The molecule has 0 saturated carbocycles. The molecule has 1 unspecified atom stereocenters. The van der Waals surface area contributed by atoms with Gasteiger partial charge in [0.2, 0.25) is 0 Å². The van der Waals surface area contributed by atoms with E-state index < -0.39 is 0 Å². The van der Waals surface area contributed by atoms with Gasteiger partial charge in [-0.25, -0.2) is 0 Å². The third-order valence-electron chi connectivity index (χ3n) is 2.83. The lowest BCUT2D eigenvalue weighted by atomic mass is 9.99. The van der Waals surface area contributed by atoms with Crippen molar-refractivity contribution in [3.8, 4) is 0 Å². The first kappa shape index (κ1) is 15.1. The van der Waals surface area contributed by atoms with Gasteiger partial charge in [0.1, 0.15) is 0 Å². The third-order valence-corrected chi connectivity index (χ3v) is 4.74. The molecule has 19 heavy (non-hydrogen) atoms. The van der Waals surface area contributed by atoms with Gasteiger partial charge in [-0.1, -0.05) is 46.9 Å². The Kier molecular flexibility index (Phi) is 5.15. The van der Waals surface area contributed by atoms with E-state index >= 15 is 0 Å². The predicted molar refractivity (Wildman–Crippen MR) is 86.2 cm³/mol. The Labute approximate surface area is 135 Å². The molecule has 1 nitrogen and oxygen atoms in total. The molecule has 0 saturated heterocycles. The van der Waals surface area contributed by atoms with Crippen LogP contribution in [-0.4, -0.2) is 0 Å². The minimum absolute atomic E-state index is 0.235. The summed E-state index contributed by atoms with van der Waals surface area (Å²) in [5.41, 5.74) is 8.00. The molecule has 5 heteroatoms. The lowest BCUT2D eigenvalue weighted by molar-refractivity contribution is 0.722. The molecule has 2 aromatic rings. The molecule has 0 spiro atoms. The van der Waals surface area contributed by atoms with Gasteiger partial charge in [0.15, 0.2) is 0 Å². The second kappa shape index (κ2) is 6.47. The molecule has 0 aliphatic heterocycles. The van der Waals surface area contributed by atoms with Crippen LogP contribution < -0.4 is 5.73 Å². The highest BCUT2D eigenvalue weighted by Gasteiger charge is 2.14. The molecule has 2 rings (SSSR count). The molecule has 0 aliphatic rings. The number of hydrogen-bond donors (Lipinski definition) is 1. The average molecular weight is 380 g/mol. The van der Waals surface area contributed by atoms with Crippen molar-refractivity contribution < 1.29 is 0 Å². The van der Waals surface area contributed by atoms with E-state index in [1.54, 1.807) is 12.1 Å². The lowest BCUT2D eigenvalue weighted by Crippen LogP contribution is -2.14. The Balaban J connectivity index is 2.28. The second-order valence-electron chi connectivity index (χ2n) is 4.19. The van der Waals surface area contributed by atoms with E-state index in [-0.39, 0.29) is 6.04 Å². The average Bonchev–Trinajstić information content (AvgIpc) is 2.37. The van der Waals surface area contributed by atoms with Crippen LogP contribution in [0.3, 0.4) is 0 Å². The summed E-state index contributed by atoms with van der Waals surface area (Å²) in [7, 11) is 0. The van der Waals surface area contributed by atoms with Gasteiger partial charge >= 0.3 is 0 Å². The van der Waals surface area contributed by atoms with Crippen molar-refractivity contribution in [2.75, 3.05) is 0 Å². The molecular formula is C14H11BrCl3N. The Morgan fingerprint density at radius 3 is 2.58 bits per heavy atom. The molecule has 0 aromatic heterocycles. The fraction of sp³-hybridized carbons (Fsp3) is 0.143.